The highest BCUT2D eigenvalue weighted by Gasteiger charge is 2.21. The van der Waals surface area contributed by atoms with E-state index in [0.717, 1.165) is 10.6 Å². The van der Waals surface area contributed by atoms with E-state index >= 15 is 0 Å². The fourth-order valence-electron chi connectivity index (χ4n) is 2.09. The third kappa shape index (κ3) is 6.17. The molecule has 0 spiro atoms. The van der Waals surface area contributed by atoms with Crippen LogP contribution in [0.3, 0.4) is 0 Å². The molecule has 1 N–H and O–H groups in total. The van der Waals surface area contributed by atoms with E-state index in [9.17, 15) is 13.2 Å². The molecule has 0 aliphatic heterocycles. The number of halogens is 3. The molecule has 0 saturated carbocycles. The van der Waals surface area contributed by atoms with Crippen LogP contribution in [0.4, 0.5) is 5.69 Å². The lowest BCUT2D eigenvalue weighted by molar-refractivity contribution is -0.116. The molecule has 0 atom stereocenters. The minimum atomic E-state index is -3.62. The molecule has 25 heavy (non-hydrogen) atoms. The highest BCUT2D eigenvalue weighted by Crippen LogP contribution is 2.23. The predicted molar refractivity (Wildman–Crippen MR) is 102 cm³/mol. The molecule has 2 rings (SSSR count). The van der Waals surface area contributed by atoms with Crippen LogP contribution in [0.1, 0.15) is 5.56 Å². The van der Waals surface area contributed by atoms with Gasteiger partial charge in [0.2, 0.25) is 15.9 Å². The third-order valence-corrected chi connectivity index (χ3v) is 5.24. The lowest BCUT2D eigenvalue weighted by atomic mass is 10.2. The fourth-order valence-corrected chi connectivity index (χ4v) is 3.54. The van der Waals surface area contributed by atoms with Gasteiger partial charge in [0, 0.05) is 27.3 Å². The molecule has 2 aromatic rings. The molecule has 0 bridgehead atoms. The van der Waals surface area contributed by atoms with Crippen molar-refractivity contribution in [2.24, 2.45) is 0 Å². The topological polar surface area (TPSA) is 66.5 Å². The first-order chi connectivity index (χ1) is 11.6. The van der Waals surface area contributed by atoms with Gasteiger partial charge in [0.25, 0.3) is 0 Å². The number of carbonyl (C=O) groups is 1. The summed E-state index contributed by atoms with van der Waals surface area (Å²) in [6.07, 6.45) is 1.04. The molecule has 0 aliphatic rings. The maximum atomic E-state index is 12.2. The second-order valence-corrected chi connectivity index (χ2v) is 8.59. The molecule has 0 aliphatic carbocycles. The van der Waals surface area contributed by atoms with Gasteiger partial charge in [-0.25, -0.2) is 8.42 Å². The van der Waals surface area contributed by atoms with Crippen molar-refractivity contribution in [1.29, 1.82) is 0 Å². The molecular formula is C16H15Cl3N2O3S. The SMILES string of the molecule is CS(=O)(=O)N(CC(=O)Nc1cc(Cl)cc(Cl)c1)Cc1ccccc1Cl. The molecular weight excluding hydrogens is 407 g/mol. The highest BCUT2D eigenvalue weighted by atomic mass is 35.5. The van der Waals surface area contributed by atoms with Crippen molar-refractivity contribution >= 4 is 56.4 Å². The van der Waals surface area contributed by atoms with Crippen molar-refractivity contribution in [3.8, 4) is 0 Å². The van der Waals surface area contributed by atoms with Crippen molar-refractivity contribution in [3.63, 3.8) is 0 Å². The number of anilines is 1. The average Bonchev–Trinajstić information content (AvgIpc) is 2.46. The lowest BCUT2D eigenvalue weighted by Gasteiger charge is -2.20. The van der Waals surface area contributed by atoms with Gasteiger partial charge in [0.05, 0.1) is 12.8 Å². The van der Waals surface area contributed by atoms with Crippen LogP contribution in [0.25, 0.3) is 0 Å². The number of benzene rings is 2. The van der Waals surface area contributed by atoms with Crippen molar-refractivity contribution in [1.82, 2.24) is 4.31 Å². The summed E-state index contributed by atoms with van der Waals surface area (Å²) in [5, 5.41) is 3.73. The zero-order chi connectivity index (χ0) is 18.6. The first kappa shape index (κ1) is 20.0. The Bertz CT molecular complexity index is 868. The zero-order valence-corrected chi connectivity index (χ0v) is 16.3. The van der Waals surface area contributed by atoms with Crippen molar-refractivity contribution < 1.29 is 13.2 Å². The van der Waals surface area contributed by atoms with E-state index in [-0.39, 0.29) is 13.1 Å². The molecule has 0 heterocycles. The Hall–Kier alpha value is -1.31. The number of hydrogen-bond donors (Lipinski definition) is 1. The van der Waals surface area contributed by atoms with Crippen molar-refractivity contribution in [3.05, 3.63) is 63.1 Å². The van der Waals surface area contributed by atoms with E-state index < -0.39 is 15.9 Å². The number of hydrogen-bond acceptors (Lipinski definition) is 3. The zero-order valence-electron chi connectivity index (χ0n) is 13.2. The minimum Gasteiger partial charge on any atom is -0.325 e. The van der Waals surface area contributed by atoms with Gasteiger partial charge in [0.15, 0.2) is 0 Å². The van der Waals surface area contributed by atoms with Gasteiger partial charge in [-0.1, -0.05) is 53.0 Å². The standard InChI is InChI=1S/C16H15Cl3N2O3S/c1-25(23,24)21(9-11-4-2-3-5-15(11)19)10-16(22)20-14-7-12(17)6-13(18)8-14/h2-8H,9-10H2,1H3,(H,20,22). The molecule has 0 saturated heterocycles. The van der Waals surface area contributed by atoms with Crippen LogP contribution >= 0.6 is 34.8 Å². The van der Waals surface area contributed by atoms with E-state index in [0.29, 0.717) is 26.3 Å². The van der Waals surface area contributed by atoms with E-state index in [2.05, 4.69) is 5.32 Å². The van der Waals surface area contributed by atoms with E-state index in [1.165, 1.54) is 18.2 Å². The Balaban J connectivity index is 2.14. The fraction of sp³-hybridized carbons (Fsp3) is 0.188. The number of rotatable bonds is 6. The van der Waals surface area contributed by atoms with Crippen LogP contribution in [0.5, 0.6) is 0 Å². The van der Waals surface area contributed by atoms with E-state index in [4.69, 9.17) is 34.8 Å². The largest absolute Gasteiger partial charge is 0.325 e. The molecule has 0 aromatic heterocycles. The maximum absolute atomic E-state index is 12.2. The Kier molecular flexibility index (Phi) is 6.71. The normalized spacial score (nSPS) is 11.6. The number of sulfonamides is 1. The molecule has 9 heteroatoms. The van der Waals surface area contributed by atoms with Crippen LogP contribution in [0.2, 0.25) is 15.1 Å². The lowest BCUT2D eigenvalue weighted by Crippen LogP contribution is -2.37. The number of amides is 1. The van der Waals surface area contributed by atoms with Gasteiger partial charge >= 0.3 is 0 Å². The van der Waals surface area contributed by atoms with Gasteiger partial charge < -0.3 is 5.32 Å². The van der Waals surface area contributed by atoms with Crippen LogP contribution < -0.4 is 5.32 Å². The predicted octanol–water partition coefficient (Wildman–Crippen LogP) is 4.05. The van der Waals surface area contributed by atoms with Gasteiger partial charge in [0.1, 0.15) is 0 Å². The highest BCUT2D eigenvalue weighted by molar-refractivity contribution is 7.88. The van der Waals surface area contributed by atoms with Gasteiger partial charge in [-0.2, -0.15) is 4.31 Å². The quantitative estimate of drug-likeness (QED) is 0.765. The summed E-state index contributed by atoms with van der Waals surface area (Å²) in [6.45, 7) is -0.379. The maximum Gasteiger partial charge on any atom is 0.239 e. The van der Waals surface area contributed by atoms with E-state index in [1.54, 1.807) is 24.3 Å². The number of nitrogens with zero attached hydrogens (tertiary/aromatic N) is 1. The molecule has 0 unspecified atom stereocenters. The smallest absolute Gasteiger partial charge is 0.239 e. The summed E-state index contributed by atoms with van der Waals surface area (Å²) >= 11 is 17.8. The summed E-state index contributed by atoms with van der Waals surface area (Å²) in [4.78, 5) is 12.2. The summed E-state index contributed by atoms with van der Waals surface area (Å²) in [5.41, 5.74) is 0.988. The number of nitrogens with one attached hydrogen (secondary N) is 1. The van der Waals surface area contributed by atoms with E-state index in [1.807, 2.05) is 0 Å². The second-order valence-electron chi connectivity index (χ2n) is 5.33. The number of carbonyl (C=O) groups excluding carboxylic acids is 1. The van der Waals surface area contributed by atoms with Crippen LogP contribution in [-0.2, 0) is 21.4 Å². The van der Waals surface area contributed by atoms with Gasteiger partial charge in [-0.15, -0.1) is 0 Å². The van der Waals surface area contributed by atoms with Gasteiger partial charge in [-0.3, -0.25) is 4.79 Å². The monoisotopic (exact) mass is 420 g/mol. The molecule has 5 nitrogen and oxygen atoms in total. The third-order valence-electron chi connectivity index (χ3n) is 3.24. The summed E-state index contributed by atoms with van der Waals surface area (Å²) in [5.74, 6) is -0.518. The van der Waals surface area contributed by atoms with Crippen LogP contribution in [0, 0.1) is 0 Å². The Morgan fingerprint density at radius 3 is 2.24 bits per heavy atom. The first-order valence-corrected chi connectivity index (χ1v) is 10.1. The summed E-state index contributed by atoms with van der Waals surface area (Å²) in [6, 6.07) is 11.4. The molecule has 2 aromatic carbocycles. The van der Waals surface area contributed by atoms with Gasteiger partial charge in [-0.05, 0) is 29.8 Å². The van der Waals surface area contributed by atoms with Crippen molar-refractivity contribution in [2.45, 2.75) is 6.54 Å². The first-order valence-electron chi connectivity index (χ1n) is 7.09. The molecule has 0 radical (unpaired) electrons. The molecule has 0 fully saturated rings. The Morgan fingerprint density at radius 2 is 1.68 bits per heavy atom. The Labute approximate surface area is 161 Å². The minimum absolute atomic E-state index is 0.0117. The molecule has 1 amide bonds. The Morgan fingerprint density at radius 1 is 1.08 bits per heavy atom. The molecule has 134 valence electrons. The van der Waals surface area contributed by atoms with Crippen LogP contribution in [0.15, 0.2) is 42.5 Å². The van der Waals surface area contributed by atoms with Crippen molar-refractivity contribution in [2.75, 3.05) is 18.1 Å². The summed E-state index contributed by atoms with van der Waals surface area (Å²) in [7, 11) is -3.62. The van der Waals surface area contributed by atoms with Crippen LogP contribution in [-0.4, -0.2) is 31.4 Å². The average molecular weight is 422 g/mol. The summed E-state index contributed by atoms with van der Waals surface area (Å²) < 4.78 is 25.0. The second kappa shape index (κ2) is 8.38.